The summed E-state index contributed by atoms with van der Waals surface area (Å²) in [6, 6.07) is 9.32. The van der Waals surface area contributed by atoms with E-state index >= 15 is 0 Å². The smallest absolute Gasteiger partial charge is 0.257 e. The standard InChI is InChI=1S/C24H25FN6O2/c1-15-20(23(32)29-12-16-6-8-18(25)9-7-16)13-28-22(30-15)17-4-3-11-31(14-17)24(33)19-5-2-10-27-21(19)26/h2,5-10,13,17H,3-4,11-12,14H2,1H3,(H2,26,27)(H,29,32). The van der Waals surface area contributed by atoms with E-state index in [1.807, 2.05) is 0 Å². The minimum atomic E-state index is -0.322. The maximum atomic E-state index is 13.0. The number of benzene rings is 1. The number of likely N-dealkylation sites (tertiary alicyclic amines) is 1. The zero-order chi connectivity index (χ0) is 23.4. The van der Waals surface area contributed by atoms with Crippen molar-refractivity contribution in [3.8, 4) is 0 Å². The van der Waals surface area contributed by atoms with Gasteiger partial charge in [0.25, 0.3) is 11.8 Å². The maximum Gasteiger partial charge on any atom is 0.257 e. The Kier molecular flexibility index (Phi) is 6.58. The average molecular weight is 449 g/mol. The van der Waals surface area contributed by atoms with Crippen LogP contribution in [0.25, 0.3) is 0 Å². The Balaban J connectivity index is 1.42. The largest absolute Gasteiger partial charge is 0.383 e. The van der Waals surface area contributed by atoms with Gasteiger partial charge in [-0.15, -0.1) is 0 Å². The summed E-state index contributed by atoms with van der Waals surface area (Å²) in [5.74, 6) is 0.0223. The highest BCUT2D eigenvalue weighted by Gasteiger charge is 2.28. The minimum Gasteiger partial charge on any atom is -0.383 e. The molecule has 33 heavy (non-hydrogen) atoms. The molecule has 2 aromatic heterocycles. The average Bonchev–Trinajstić information content (AvgIpc) is 2.83. The molecule has 1 aromatic carbocycles. The first kappa shape index (κ1) is 22.3. The molecule has 1 aliphatic heterocycles. The van der Waals surface area contributed by atoms with Gasteiger partial charge in [0.1, 0.15) is 17.5 Å². The fourth-order valence-electron chi connectivity index (χ4n) is 3.93. The third-order valence-electron chi connectivity index (χ3n) is 5.75. The van der Waals surface area contributed by atoms with E-state index in [9.17, 15) is 14.0 Å². The maximum absolute atomic E-state index is 13.0. The number of halogens is 1. The number of aryl methyl sites for hydroxylation is 1. The van der Waals surface area contributed by atoms with Crippen LogP contribution in [0.15, 0.2) is 48.8 Å². The normalized spacial score (nSPS) is 15.8. The molecule has 1 fully saturated rings. The Morgan fingerprint density at radius 1 is 1.18 bits per heavy atom. The highest BCUT2D eigenvalue weighted by molar-refractivity contribution is 5.98. The number of nitrogens with one attached hydrogen (secondary N) is 1. The van der Waals surface area contributed by atoms with Crippen LogP contribution in [0, 0.1) is 12.7 Å². The molecule has 1 unspecified atom stereocenters. The molecule has 3 aromatic rings. The van der Waals surface area contributed by atoms with Crippen molar-refractivity contribution >= 4 is 17.6 Å². The monoisotopic (exact) mass is 448 g/mol. The molecule has 8 nitrogen and oxygen atoms in total. The van der Waals surface area contributed by atoms with Crippen molar-refractivity contribution in [2.75, 3.05) is 18.8 Å². The van der Waals surface area contributed by atoms with Crippen molar-refractivity contribution < 1.29 is 14.0 Å². The van der Waals surface area contributed by atoms with Gasteiger partial charge in [0.2, 0.25) is 0 Å². The Bertz CT molecular complexity index is 1170. The fraction of sp³-hybridized carbons (Fsp3) is 0.292. The first-order valence-electron chi connectivity index (χ1n) is 10.8. The number of pyridine rings is 1. The number of piperidine rings is 1. The number of carbonyl (C=O) groups excluding carboxylic acids is 2. The molecular weight excluding hydrogens is 423 g/mol. The third kappa shape index (κ3) is 5.14. The number of hydrogen-bond acceptors (Lipinski definition) is 6. The Morgan fingerprint density at radius 3 is 2.70 bits per heavy atom. The number of amides is 2. The summed E-state index contributed by atoms with van der Waals surface area (Å²) in [6.07, 6.45) is 4.75. The molecule has 4 rings (SSSR count). The summed E-state index contributed by atoms with van der Waals surface area (Å²) in [5, 5.41) is 2.81. The second-order valence-corrected chi connectivity index (χ2v) is 8.06. The molecule has 3 heterocycles. The predicted octanol–water partition coefficient (Wildman–Crippen LogP) is 2.85. The van der Waals surface area contributed by atoms with Gasteiger partial charge in [0.05, 0.1) is 16.8 Å². The molecule has 0 radical (unpaired) electrons. The molecule has 1 atom stereocenters. The minimum absolute atomic E-state index is 0.0318. The van der Waals surface area contributed by atoms with Gasteiger partial charge in [0.15, 0.2) is 0 Å². The van der Waals surface area contributed by atoms with E-state index in [1.54, 1.807) is 42.3 Å². The fourth-order valence-corrected chi connectivity index (χ4v) is 3.93. The first-order chi connectivity index (χ1) is 15.9. The predicted molar refractivity (Wildman–Crippen MR) is 121 cm³/mol. The number of carbonyl (C=O) groups is 2. The Morgan fingerprint density at radius 2 is 1.97 bits per heavy atom. The SMILES string of the molecule is Cc1nc(C2CCCN(C(=O)c3cccnc3N)C2)ncc1C(=O)NCc1ccc(F)cc1. The van der Waals surface area contributed by atoms with Crippen LogP contribution in [-0.2, 0) is 6.54 Å². The van der Waals surface area contributed by atoms with E-state index in [0.717, 1.165) is 18.4 Å². The van der Waals surface area contributed by atoms with Crippen LogP contribution < -0.4 is 11.1 Å². The summed E-state index contributed by atoms with van der Waals surface area (Å²) in [6.45, 7) is 3.15. The quantitative estimate of drug-likeness (QED) is 0.620. The van der Waals surface area contributed by atoms with Crippen molar-refractivity contribution in [3.63, 3.8) is 0 Å². The topological polar surface area (TPSA) is 114 Å². The molecule has 170 valence electrons. The van der Waals surface area contributed by atoms with E-state index in [2.05, 4.69) is 20.3 Å². The molecule has 3 N–H and O–H groups in total. The van der Waals surface area contributed by atoms with Gasteiger partial charge in [-0.05, 0) is 49.6 Å². The van der Waals surface area contributed by atoms with Crippen molar-refractivity contribution in [2.24, 2.45) is 0 Å². The van der Waals surface area contributed by atoms with Crippen molar-refractivity contribution in [1.29, 1.82) is 0 Å². The van der Waals surface area contributed by atoms with Gasteiger partial charge in [-0.1, -0.05) is 12.1 Å². The van der Waals surface area contributed by atoms with Crippen molar-refractivity contribution in [3.05, 3.63) is 82.8 Å². The molecule has 2 amide bonds. The Labute approximate surface area is 191 Å². The van der Waals surface area contributed by atoms with Crippen LogP contribution in [0.1, 0.15) is 56.6 Å². The lowest BCUT2D eigenvalue weighted by Gasteiger charge is -2.32. The second-order valence-electron chi connectivity index (χ2n) is 8.06. The second kappa shape index (κ2) is 9.72. The number of rotatable bonds is 5. The van der Waals surface area contributed by atoms with E-state index in [0.29, 0.717) is 35.7 Å². The van der Waals surface area contributed by atoms with Crippen molar-refractivity contribution in [1.82, 2.24) is 25.2 Å². The van der Waals surface area contributed by atoms with E-state index < -0.39 is 0 Å². The Hall–Kier alpha value is -3.88. The number of nitrogens with zero attached hydrogens (tertiary/aromatic N) is 4. The highest BCUT2D eigenvalue weighted by atomic mass is 19.1. The summed E-state index contributed by atoms with van der Waals surface area (Å²) >= 11 is 0. The van der Waals surface area contributed by atoms with Crippen LogP contribution >= 0.6 is 0 Å². The van der Waals surface area contributed by atoms with Gasteiger partial charge >= 0.3 is 0 Å². The lowest BCUT2D eigenvalue weighted by Crippen LogP contribution is -2.40. The molecule has 0 bridgehead atoms. The number of nitrogen functional groups attached to an aromatic ring is 1. The van der Waals surface area contributed by atoms with Crippen LogP contribution in [0.2, 0.25) is 0 Å². The summed E-state index contributed by atoms with van der Waals surface area (Å²) in [5.41, 5.74) is 8.00. The molecule has 1 aliphatic rings. The zero-order valence-corrected chi connectivity index (χ0v) is 18.3. The van der Waals surface area contributed by atoms with Gasteiger partial charge < -0.3 is 16.0 Å². The lowest BCUT2D eigenvalue weighted by molar-refractivity contribution is 0.0705. The summed E-state index contributed by atoms with van der Waals surface area (Å²) in [7, 11) is 0. The van der Waals surface area contributed by atoms with E-state index in [1.165, 1.54) is 18.3 Å². The molecule has 1 saturated heterocycles. The zero-order valence-electron chi connectivity index (χ0n) is 18.3. The van der Waals surface area contributed by atoms with Gasteiger partial charge in [-0.3, -0.25) is 9.59 Å². The van der Waals surface area contributed by atoms with Crippen molar-refractivity contribution in [2.45, 2.75) is 32.2 Å². The summed E-state index contributed by atoms with van der Waals surface area (Å²) in [4.78, 5) is 40.3. The van der Waals surface area contributed by atoms with E-state index in [4.69, 9.17) is 5.73 Å². The molecule has 0 spiro atoms. The number of anilines is 1. The molecule has 9 heteroatoms. The number of hydrogen-bond donors (Lipinski definition) is 2. The van der Waals surface area contributed by atoms with Crippen LogP contribution in [0.3, 0.4) is 0 Å². The number of nitrogens with two attached hydrogens (primary N) is 1. The van der Waals surface area contributed by atoms with Gasteiger partial charge in [0, 0.05) is 37.9 Å². The van der Waals surface area contributed by atoms with Gasteiger partial charge in [-0.25, -0.2) is 19.3 Å². The highest BCUT2D eigenvalue weighted by Crippen LogP contribution is 2.26. The lowest BCUT2D eigenvalue weighted by atomic mass is 9.96. The first-order valence-corrected chi connectivity index (χ1v) is 10.8. The van der Waals surface area contributed by atoms with Crippen LogP contribution in [-0.4, -0.2) is 44.8 Å². The third-order valence-corrected chi connectivity index (χ3v) is 5.75. The van der Waals surface area contributed by atoms with Crippen LogP contribution in [0.4, 0.5) is 10.2 Å². The molecule has 0 aliphatic carbocycles. The number of aromatic nitrogens is 3. The van der Waals surface area contributed by atoms with E-state index in [-0.39, 0.29) is 35.9 Å². The van der Waals surface area contributed by atoms with Crippen LogP contribution in [0.5, 0.6) is 0 Å². The molecular formula is C24H25FN6O2. The van der Waals surface area contributed by atoms with Gasteiger partial charge in [-0.2, -0.15) is 0 Å². The molecule has 0 saturated carbocycles. The summed E-state index contributed by atoms with van der Waals surface area (Å²) < 4.78 is 13.0.